The molecule has 1 heterocycles. The van der Waals surface area contributed by atoms with E-state index in [-0.39, 0.29) is 31.0 Å². The number of rotatable bonds is 4. The van der Waals surface area contributed by atoms with E-state index in [1.54, 1.807) is 13.0 Å². The highest BCUT2D eigenvalue weighted by molar-refractivity contribution is 6.00. The summed E-state index contributed by atoms with van der Waals surface area (Å²) in [6.07, 6.45) is -0.113. The fraction of sp³-hybridized carbons (Fsp3) is 0.250. The average molecular weight is 387 g/mol. The number of hydrogen-bond acceptors (Lipinski definition) is 3. The molecule has 146 valence electrons. The Morgan fingerprint density at radius 3 is 2.50 bits per heavy atom. The molecular weight excluding hydrogens is 368 g/mol. The molecule has 1 saturated heterocycles. The Morgan fingerprint density at radius 1 is 1.11 bits per heavy atom. The second-order valence-electron chi connectivity index (χ2n) is 6.70. The third-order valence-electron chi connectivity index (χ3n) is 4.49. The van der Waals surface area contributed by atoms with Crippen molar-refractivity contribution in [2.45, 2.75) is 19.8 Å². The lowest BCUT2D eigenvalue weighted by Gasteiger charge is -2.18. The lowest BCUT2D eigenvalue weighted by molar-refractivity contribution is -0.131. The van der Waals surface area contributed by atoms with Crippen LogP contribution in [0.15, 0.2) is 42.5 Å². The molecular formula is C20H19F2N3O3. The van der Waals surface area contributed by atoms with Crippen molar-refractivity contribution in [2.75, 3.05) is 11.4 Å². The smallest absolute Gasteiger partial charge is 0.243 e. The van der Waals surface area contributed by atoms with E-state index < -0.39 is 29.4 Å². The lowest BCUT2D eigenvalue weighted by Crippen LogP contribution is -2.45. The monoisotopic (exact) mass is 387 g/mol. The molecule has 28 heavy (non-hydrogen) atoms. The minimum absolute atomic E-state index is 0.0263. The van der Waals surface area contributed by atoms with E-state index in [2.05, 4.69) is 10.9 Å². The number of benzene rings is 2. The highest BCUT2D eigenvalue weighted by atomic mass is 19.1. The largest absolute Gasteiger partial charge is 0.309 e. The molecule has 3 rings (SSSR count). The first-order valence-corrected chi connectivity index (χ1v) is 8.73. The summed E-state index contributed by atoms with van der Waals surface area (Å²) in [6, 6.07) is 9.95. The van der Waals surface area contributed by atoms with Crippen LogP contribution in [0.3, 0.4) is 0 Å². The number of nitrogens with zero attached hydrogens (tertiary/aromatic N) is 1. The minimum atomic E-state index is -0.709. The van der Waals surface area contributed by atoms with Crippen molar-refractivity contribution in [1.29, 1.82) is 0 Å². The summed E-state index contributed by atoms with van der Waals surface area (Å²) < 4.78 is 27.0. The van der Waals surface area contributed by atoms with Gasteiger partial charge in [0.2, 0.25) is 17.7 Å². The van der Waals surface area contributed by atoms with Crippen LogP contribution < -0.4 is 15.8 Å². The number of carbonyl (C=O) groups is 3. The van der Waals surface area contributed by atoms with Crippen LogP contribution in [-0.4, -0.2) is 24.3 Å². The van der Waals surface area contributed by atoms with E-state index in [0.29, 0.717) is 5.56 Å². The van der Waals surface area contributed by atoms with Crippen molar-refractivity contribution in [1.82, 2.24) is 10.9 Å². The van der Waals surface area contributed by atoms with Crippen LogP contribution in [0, 0.1) is 24.5 Å². The van der Waals surface area contributed by atoms with Gasteiger partial charge in [-0.25, -0.2) is 8.78 Å². The summed E-state index contributed by atoms with van der Waals surface area (Å²) in [7, 11) is 0. The van der Waals surface area contributed by atoms with E-state index in [9.17, 15) is 23.2 Å². The summed E-state index contributed by atoms with van der Waals surface area (Å²) in [4.78, 5) is 37.6. The molecule has 6 nitrogen and oxygen atoms in total. The van der Waals surface area contributed by atoms with Gasteiger partial charge < -0.3 is 4.90 Å². The maximum absolute atomic E-state index is 14.1. The number of halogens is 2. The second kappa shape index (κ2) is 8.16. The van der Waals surface area contributed by atoms with Crippen LogP contribution in [0.5, 0.6) is 0 Å². The molecule has 1 atom stereocenters. The van der Waals surface area contributed by atoms with Gasteiger partial charge in [-0.05, 0) is 42.3 Å². The van der Waals surface area contributed by atoms with Crippen molar-refractivity contribution in [2.24, 2.45) is 5.92 Å². The van der Waals surface area contributed by atoms with Gasteiger partial charge in [-0.2, -0.15) is 0 Å². The molecule has 1 aliphatic heterocycles. The molecule has 0 aromatic heterocycles. The van der Waals surface area contributed by atoms with Gasteiger partial charge in [0.05, 0.1) is 18.0 Å². The molecule has 2 aromatic carbocycles. The molecule has 0 bridgehead atoms. The molecule has 1 fully saturated rings. The maximum atomic E-state index is 14.1. The molecule has 0 radical (unpaired) electrons. The predicted molar refractivity (Wildman–Crippen MR) is 98.0 cm³/mol. The fourth-order valence-electron chi connectivity index (χ4n) is 3.01. The van der Waals surface area contributed by atoms with Crippen molar-refractivity contribution in [3.63, 3.8) is 0 Å². The van der Waals surface area contributed by atoms with Gasteiger partial charge in [0.15, 0.2) is 0 Å². The summed E-state index contributed by atoms with van der Waals surface area (Å²) in [6.45, 7) is 1.77. The number of nitrogens with one attached hydrogen (secondary N) is 2. The third-order valence-corrected chi connectivity index (χ3v) is 4.49. The molecule has 1 aliphatic rings. The standard InChI is InChI=1S/C20H19F2N3O3/c1-12-2-7-17(16(22)8-12)25-11-14(10-19(25)27)20(28)24-23-18(26)9-13-3-5-15(21)6-4-13/h2-8,14H,9-11H2,1H3,(H,23,26)(H,24,28). The first-order valence-electron chi connectivity index (χ1n) is 8.73. The summed E-state index contributed by atoms with van der Waals surface area (Å²) in [5.41, 5.74) is 6.01. The van der Waals surface area contributed by atoms with Gasteiger partial charge in [0, 0.05) is 13.0 Å². The molecule has 3 amide bonds. The van der Waals surface area contributed by atoms with Gasteiger partial charge >= 0.3 is 0 Å². The van der Waals surface area contributed by atoms with Crippen LogP contribution in [-0.2, 0) is 20.8 Å². The Morgan fingerprint density at radius 2 is 1.82 bits per heavy atom. The van der Waals surface area contributed by atoms with Gasteiger partial charge in [0.25, 0.3) is 0 Å². The topological polar surface area (TPSA) is 78.5 Å². The Kier molecular flexibility index (Phi) is 5.67. The molecule has 0 saturated carbocycles. The molecule has 2 aromatic rings. The Hall–Kier alpha value is -3.29. The number of hydrogen-bond donors (Lipinski definition) is 2. The van der Waals surface area contributed by atoms with Crippen LogP contribution in [0.2, 0.25) is 0 Å². The van der Waals surface area contributed by atoms with Crippen LogP contribution in [0.1, 0.15) is 17.5 Å². The van der Waals surface area contributed by atoms with E-state index in [4.69, 9.17) is 0 Å². The van der Waals surface area contributed by atoms with E-state index in [1.165, 1.54) is 41.3 Å². The Balaban J connectivity index is 1.54. The Bertz CT molecular complexity index is 915. The molecule has 2 N–H and O–H groups in total. The number of aryl methyl sites for hydroxylation is 1. The first-order chi connectivity index (χ1) is 13.3. The molecule has 0 aliphatic carbocycles. The molecule has 0 spiro atoms. The molecule has 8 heteroatoms. The summed E-state index contributed by atoms with van der Waals surface area (Å²) in [5.74, 6) is -3.01. The SMILES string of the molecule is Cc1ccc(N2CC(C(=O)NNC(=O)Cc3ccc(F)cc3)CC2=O)c(F)c1. The van der Waals surface area contributed by atoms with Crippen LogP contribution in [0.25, 0.3) is 0 Å². The van der Waals surface area contributed by atoms with E-state index in [1.807, 2.05) is 0 Å². The maximum Gasteiger partial charge on any atom is 0.243 e. The number of hydrazine groups is 1. The van der Waals surface area contributed by atoms with Crippen LogP contribution >= 0.6 is 0 Å². The quantitative estimate of drug-likeness (QED) is 0.788. The highest BCUT2D eigenvalue weighted by Crippen LogP contribution is 2.28. The third kappa shape index (κ3) is 4.51. The van der Waals surface area contributed by atoms with Gasteiger partial charge in [-0.15, -0.1) is 0 Å². The second-order valence-corrected chi connectivity index (χ2v) is 6.70. The van der Waals surface area contributed by atoms with E-state index in [0.717, 1.165) is 5.56 Å². The Labute approximate surface area is 160 Å². The average Bonchev–Trinajstić information content (AvgIpc) is 3.03. The van der Waals surface area contributed by atoms with Gasteiger partial charge in [-0.3, -0.25) is 25.2 Å². The summed E-state index contributed by atoms with van der Waals surface area (Å²) in [5, 5.41) is 0. The lowest BCUT2D eigenvalue weighted by atomic mass is 10.1. The van der Waals surface area contributed by atoms with Gasteiger partial charge in [0.1, 0.15) is 11.6 Å². The van der Waals surface area contributed by atoms with Crippen molar-refractivity contribution in [3.8, 4) is 0 Å². The minimum Gasteiger partial charge on any atom is -0.309 e. The van der Waals surface area contributed by atoms with E-state index >= 15 is 0 Å². The highest BCUT2D eigenvalue weighted by Gasteiger charge is 2.36. The number of carbonyl (C=O) groups excluding carboxylic acids is 3. The van der Waals surface area contributed by atoms with Gasteiger partial charge in [-0.1, -0.05) is 18.2 Å². The zero-order valence-electron chi connectivity index (χ0n) is 15.2. The zero-order chi connectivity index (χ0) is 20.3. The zero-order valence-corrected chi connectivity index (χ0v) is 15.2. The van der Waals surface area contributed by atoms with Crippen molar-refractivity contribution >= 4 is 23.4 Å². The van der Waals surface area contributed by atoms with Crippen molar-refractivity contribution < 1.29 is 23.2 Å². The first kappa shape index (κ1) is 19.5. The van der Waals surface area contributed by atoms with Crippen molar-refractivity contribution in [3.05, 3.63) is 65.2 Å². The summed E-state index contributed by atoms with van der Waals surface area (Å²) >= 11 is 0. The number of amides is 3. The molecule has 1 unspecified atom stereocenters. The predicted octanol–water partition coefficient (Wildman–Crippen LogP) is 2.02. The fourth-order valence-corrected chi connectivity index (χ4v) is 3.01. The normalized spacial score (nSPS) is 16.2. The van der Waals surface area contributed by atoms with Crippen LogP contribution in [0.4, 0.5) is 14.5 Å². The number of anilines is 1.